The zero-order chi connectivity index (χ0) is 21.9. The van der Waals surface area contributed by atoms with Crippen LogP contribution in [0.25, 0.3) is 11.3 Å². The lowest BCUT2D eigenvalue weighted by molar-refractivity contribution is 0.871. The molecule has 0 fully saturated rings. The summed E-state index contributed by atoms with van der Waals surface area (Å²) in [4.78, 5) is 5.03. The van der Waals surface area contributed by atoms with E-state index in [0.29, 0.717) is 5.82 Å². The predicted octanol–water partition coefficient (Wildman–Crippen LogP) is 5.67. The quantitative estimate of drug-likeness (QED) is 0.449. The number of hydrogen-bond donors (Lipinski definition) is 2. The molecule has 0 saturated heterocycles. The van der Waals surface area contributed by atoms with Crippen LogP contribution in [0.4, 0.5) is 11.5 Å². The van der Waals surface area contributed by atoms with E-state index in [1.54, 1.807) is 0 Å². The maximum Gasteiger partial charge on any atom is 0.160 e. The molecule has 5 rings (SSSR count). The molecule has 0 radical (unpaired) electrons. The first-order chi connectivity index (χ1) is 15.7. The maximum absolute atomic E-state index is 5.03. The van der Waals surface area contributed by atoms with Crippen LogP contribution in [-0.2, 0) is 0 Å². The second-order valence-corrected chi connectivity index (χ2v) is 7.76. The summed E-state index contributed by atoms with van der Waals surface area (Å²) >= 11 is 0. The molecule has 5 heteroatoms. The largest absolute Gasteiger partial charge is 0.356 e. The molecule has 2 N–H and O–H groups in total. The van der Waals surface area contributed by atoms with Gasteiger partial charge < -0.3 is 10.6 Å². The molecule has 4 aromatic rings. The van der Waals surface area contributed by atoms with Gasteiger partial charge in [-0.25, -0.2) is 0 Å². The number of benzene rings is 3. The normalized spacial score (nSPS) is 15.2. The zero-order valence-electron chi connectivity index (χ0n) is 17.8. The minimum atomic E-state index is -0.405. The fraction of sp³-hybridized carbons (Fsp3) is 0.0741. The van der Waals surface area contributed by atoms with Crippen LogP contribution in [0, 0.1) is 6.92 Å². The summed E-state index contributed by atoms with van der Waals surface area (Å²) in [5.41, 5.74) is 7.78. The average molecular weight is 418 g/mol. The summed E-state index contributed by atoms with van der Waals surface area (Å²) in [6, 6.07) is 30.4. The van der Waals surface area contributed by atoms with Crippen molar-refractivity contribution in [3.8, 4) is 11.3 Å². The monoisotopic (exact) mass is 417 g/mol. The molecule has 156 valence electrons. The van der Waals surface area contributed by atoms with Crippen LogP contribution in [0.15, 0.2) is 108 Å². The number of para-hydroxylation sites is 1. The van der Waals surface area contributed by atoms with Gasteiger partial charge >= 0.3 is 0 Å². The van der Waals surface area contributed by atoms with Gasteiger partial charge in [-0.3, -0.25) is 4.99 Å². The zero-order valence-corrected chi connectivity index (χ0v) is 17.8. The molecule has 1 aromatic heterocycles. The van der Waals surface area contributed by atoms with Crippen molar-refractivity contribution in [3.63, 3.8) is 0 Å². The molecular weight excluding hydrogens is 394 g/mol. The minimum Gasteiger partial charge on any atom is -0.356 e. The molecule has 5 nitrogen and oxygen atoms in total. The van der Waals surface area contributed by atoms with Crippen LogP contribution in [0.2, 0.25) is 0 Å². The van der Waals surface area contributed by atoms with Gasteiger partial charge in [-0.15, -0.1) is 10.2 Å². The van der Waals surface area contributed by atoms with Crippen LogP contribution in [-0.4, -0.2) is 22.1 Å². The van der Waals surface area contributed by atoms with Gasteiger partial charge in [0, 0.05) is 22.4 Å². The highest BCUT2D eigenvalue weighted by Gasteiger charge is 2.22. The Morgan fingerprint density at radius 3 is 2.28 bits per heavy atom. The first kappa shape index (κ1) is 19.7. The molecule has 32 heavy (non-hydrogen) atoms. The summed E-state index contributed by atoms with van der Waals surface area (Å²) < 4.78 is 0. The number of fused-ring (bicyclic) bond motifs is 1. The Morgan fingerprint density at radius 1 is 0.781 bits per heavy atom. The SMILES string of the molecule is C=C1Nc2ccccc2C(c2ccccc2)=NC1Nc1ccc(-c2ccc(C)cc2)nn1. The van der Waals surface area contributed by atoms with Crippen LogP contribution in [0.3, 0.4) is 0 Å². The molecule has 0 bridgehead atoms. The van der Waals surface area contributed by atoms with E-state index in [2.05, 4.69) is 76.8 Å². The van der Waals surface area contributed by atoms with Crippen molar-refractivity contribution in [2.45, 2.75) is 13.1 Å². The molecule has 1 aliphatic heterocycles. The van der Waals surface area contributed by atoms with Crippen molar-refractivity contribution in [2.24, 2.45) is 4.99 Å². The third-order valence-electron chi connectivity index (χ3n) is 5.41. The van der Waals surface area contributed by atoms with Gasteiger partial charge in [-0.1, -0.05) is 84.9 Å². The maximum atomic E-state index is 5.03. The second-order valence-electron chi connectivity index (χ2n) is 7.76. The summed E-state index contributed by atoms with van der Waals surface area (Å²) in [6.45, 7) is 6.29. The van der Waals surface area contributed by atoms with Crippen molar-refractivity contribution >= 4 is 17.2 Å². The molecule has 2 heterocycles. The Kier molecular flexibility index (Phi) is 5.22. The van der Waals surface area contributed by atoms with Gasteiger partial charge in [-0.2, -0.15) is 0 Å². The average Bonchev–Trinajstić information content (AvgIpc) is 2.97. The highest BCUT2D eigenvalue weighted by molar-refractivity contribution is 6.16. The Hall–Kier alpha value is -4.25. The number of hydrogen-bond acceptors (Lipinski definition) is 5. The molecule has 3 aromatic carbocycles. The van der Waals surface area contributed by atoms with E-state index in [1.807, 2.05) is 48.5 Å². The van der Waals surface area contributed by atoms with Crippen molar-refractivity contribution in [1.29, 1.82) is 0 Å². The van der Waals surface area contributed by atoms with E-state index >= 15 is 0 Å². The summed E-state index contributed by atoms with van der Waals surface area (Å²) in [7, 11) is 0. The number of anilines is 2. The Morgan fingerprint density at radius 2 is 1.53 bits per heavy atom. The number of aromatic nitrogens is 2. The fourth-order valence-corrected chi connectivity index (χ4v) is 3.69. The number of aryl methyl sites for hydroxylation is 1. The third-order valence-corrected chi connectivity index (χ3v) is 5.41. The predicted molar refractivity (Wildman–Crippen MR) is 131 cm³/mol. The number of nitrogens with one attached hydrogen (secondary N) is 2. The highest BCUT2D eigenvalue weighted by Crippen LogP contribution is 2.27. The minimum absolute atomic E-state index is 0.405. The van der Waals surface area contributed by atoms with E-state index in [4.69, 9.17) is 4.99 Å². The van der Waals surface area contributed by atoms with Crippen LogP contribution in [0.5, 0.6) is 0 Å². The summed E-state index contributed by atoms with van der Waals surface area (Å²) in [6.07, 6.45) is -0.405. The second kappa shape index (κ2) is 8.47. The van der Waals surface area contributed by atoms with Crippen molar-refractivity contribution < 1.29 is 0 Å². The lowest BCUT2D eigenvalue weighted by Gasteiger charge is -2.17. The van der Waals surface area contributed by atoms with Crippen molar-refractivity contribution in [1.82, 2.24) is 10.2 Å². The standard InChI is InChI=1S/C27H23N5/c1-18-12-14-20(15-13-18)23-16-17-25(32-31-23)29-27-19(2)28-24-11-7-6-10-22(24)26(30-27)21-8-4-3-5-9-21/h3-17,27-28H,2H2,1H3,(H,29,32). The van der Waals surface area contributed by atoms with Crippen LogP contribution < -0.4 is 10.6 Å². The van der Waals surface area contributed by atoms with Gasteiger partial charge in [-0.05, 0) is 25.1 Å². The smallest absolute Gasteiger partial charge is 0.160 e. The molecule has 0 saturated carbocycles. The van der Waals surface area contributed by atoms with E-state index < -0.39 is 6.17 Å². The molecule has 0 aliphatic carbocycles. The number of aliphatic imine (C=N–C) groups is 1. The van der Waals surface area contributed by atoms with Crippen LogP contribution in [0.1, 0.15) is 16.7 Å². The van der Waals surface area contributed by atoms with Gasteiger partial charge in [0.15, 0.2) is 12.0 Å². The van der Waals surface area contributed by atoms with Gasteiger partial charge in [0.25, 0.3) is 0 Å². The van der Waals surface area contributed by atoms with E-state index in [1.165, 1.54) is 5.56 Å². The topological polar surface area (TPSA) is 62.2 Å². The number of nitrogens with zero attached hydrogens (tertiary/aromatic N) is 3. The fourth-order valence-electron chi connectivity index (χ4n) is 3.69. The van der Waals surface area contributed by atoms with E-state index in [0.717, 1.165) is 39.5 Å². The van der Waals surface area contributed by atoms with Gasteiger partial charge in [0.05, 0.1) is 17.1 Å². The van der Waals surface area contributed by atoms with Gasteiger partial charge in [0.1, 0.15) is 0 Å². The Balaban J connectivity index is 1.46. The summed E-state index contributed by atoms with van der Waals surface area (Å²) in [5.74, 6) is 0.635. The Bertz CT molecular complexity index is 1280. The first-order valence-corrected chi connectivity index (χ1v) is 10.5. The molecule has 1 aliphatic rings. The van der Waals surface area contributed by atoms with Gasteiger partial charge in [0.2, 0.25) is 0 Å². The number of rotatable bonds is 4. The van der Waals surface area contributed by atoms with Crippen molar-refractivity contribution in [2.75, 3.05) is 10.6 Å². The first-order valence-electron chi connectivity index (χ1n) is 10.5. The molecule has 1 unspecified atom stereocenters. The Labute approximate surface area is 187 Å². The van der Waals surface area contributed by atoms with E-state index in [-0.39, 0.29) is 0 Å². The highest BCUT2D eigenvalue weighted by atomic mass is 15.2. The van der Waals surface area contributed by atoms with Crippen molar-refractivity contribution in [3.05, 3.63) is 120 Å². The van der Waals surface area contributed by atoms with E-state index in [9.17, 15) is 0 Å². The molecule has 1 atom stereocenters. The molecular formula is C27H23N5. The number of benzodiazepines with no additional fused rings is 1. The third kappa shape index (κ3) is 4.01. The molecule has 0 spiro atoms. The lowest BCUT2D eigenvalue weighted by Crippen LogP contribution is -2.24. The van der Waals surface area contributed by atoms with Crippen LogP contribution >= 0.6 is 0 Å². The molecule has 0 amide bonds. The summed E-state index contributed by atoms with van der Waals surface area (Å²) in [5, 5.41) is 15.6. The lowest BCUT2D eigenvalue weighted by atomic mass is 10.0.